The predicted molar refractivity (Wildman–Crippen MR) is 223 cm³/mol. The number of hydrogen-bond acceptors (Lipinski definition) is 16. The Labute approximate surface area is 355 Å². The average Bonchev–Trinajstić information content (AvgIpc) is 3.18. The van der Waals surface area contributed by atoms with Crippen LogP contribution in [-0.2, 0) is 38.4 Å². The molecule has 0 bridgehead atoms. The lowest BCUT2D eigenvalue weighted by molar-refractivity contribution is -0.141. The molecule has 0 aromatic rings. The molecule has 0 spiro atoms. The Kier molecular flexibility index (Phi) is 28.2. The van der Waals surface area contributed by atoms with E-state index in [1.165, 1.54) is 0 Å². The van der Waals surface area contributed by atoms with E-state index in [0.717, 1.165) is 0 Å². The third kappa shape index (κ3) is 26.5. The Morgan fingerprint density at radius 2 is 0.383 bits per heavy atom. The summed E-state index contributed by atoms with van der Waals surface area (Å²) >= 11 is 0. The monoisotopic (exact) mass is 857 g/mol. The van der Waals surface area contributed by atoms with Gasteiger partial charge in [0.05, 0.1) is 52.4 Å². The summed E-state index contributed by atoms with van der Waals surface area (Å²) in [5.74, 6) is -3.27. The van der Waals surface area contributed by atoms with E-state index in [0.29, 0.717) is 157 Å². The third-order valence-corrected chi connectivity index (χ3v) is 10.5. The first-order valence-electron chi connectivity index (χ1n) is 21.2. The maximum absolute atomic E-state index is 12.1. The standard InChI is InChI=1S/C24H44N4O4.C16H28N4O8/c1-5-21(29)17-25-9-11-26(18-22(30)6-2)13-15-28(20-24(32)8-4)16-14-27(12-10-25)19-23(31)7-3;21-13(22)9-17-1-2-18(10-14(23)24)5-6-20(12-16(27)28)8-7-19(4-3-17)11-15(25)26/h5-20H2,1-4H3;1-12H2,(H,21,22)(H,23,24)(H,25,26)(H,27,28). The van der Waals surface area contributed by atoms with Gasteiger partial charge in [-0.2, -0.15) is 0 Å². The zero-order valence-corrected chi connectivity index (χ0v) is 36.4. The van der Waals surface area contributed by atoms with E-state index < -0.39 is 23.9 Å². The molecule has 0 aliphatic carbocycles. The van der Waals surface area contributed by atoms with Crippen LogP contribution in [-0.4, -0.2) is 264 Å². The van der Waals surface area contributed by atoms with Crippen molar-refractivity contribution in [3.8, 4) is 0 Å². The lowest BCUT2D eigenvalue weighted by atomic mass is 10.2. The van der Waals surface area contributed by atoms with Gasteiger partial charge in [-0.3, -0.25) is 77.6 Å². The van der Waals surface area contributed by atoms with E-state index >= 15 is 0 Å². The minimum atomic E-state index is -1.02. The van der Waals surface area contributed by atoms with Gasteiger partial charge in [-0.1, -0.05) is 27.7 Å². The number of carbonyl (C=O) groups is 8. The first kappa shape index (κ1) is 54.3. The van der Waals surface area contributed by atoms with Crippen LogP contribution in [0, 0.1) is 0 Å². The minimum Gasteiger partial charge on any atom is -0.480 e. The highest BCUT2D eigenvalue weighted by atomic mass is 16.4. The molecule has 20 nitrogen and oxygen atoms in total. The molecular formula is C40H72N8O12. The van der Waals surface area contributed by atoms with Crippen molar-refractivity contribution in [2.24, 2.45) is 0 Å². The summed E-state index contributed by atoms with van der Waals surface area (Å²) in [4.78, 5) is 108. The molecule has 0 radical (unpaired) electrons. The Morgan fingerprint density at radius 1 is 0.267 bits per heavy atom. The number of hydrogen-bond donors (Lipinski definition) is 4. The summed E-state index contributed by atoms with van der Waals surface area (Å²) in [6.45, 7) is 16.2. The molecule has 0 aromatic carbocycles. The molecule has 60 heavy (non-hydrogen) atoms. The van der Waals surface area contributed by atoms with E-state index in [1.807, 2.05) is 27.7 Å². The van der Waals surface area contributed by atoms with Crippen molar-refractivity contribution >= 4 is 47.0 Å². The van der Waals surface area contributed by atoms with Gasteiger partial charge in [-0.15, -0.1) is 0 Å². The molecule has 4 N–H and O–H groups in total. The molecule has 2 heterocycles. The SMILES string of the molecule is CCC(=O)CN1CCN(CC(=O)CC)CCN(CC(=O)CC)CCN(CC(=O)CC)CC1.O=C(O)CN1CCN(CC(=O)O)CCN(CC(=O)O)CCN(CC(=O)O)CC1. The van der Waals surface area contributed by atoms with Crippen LogP contribution in [0.25, 0.3) is 0 Å². The molecule has 2 aliphatic rings. The number of aliphatic carboxylic acids is 4. The number of carboxylic acid groups (broad SMARTS) is 4. The number of carbonyl (C=O) groups excluding carboxylic acids is 4. The van der Waals surface area contributed by atoms with Crippen LogP contribution in [0.15, 0.2) is 0 Å². The first-order chi connectivity index (χ1) is 28.5. The van der Waals surface area contributed by atoms with Crippen molar-refractivity contribution in [1.29, 1.82) is 0 Å². The molecule has 0 amide bonds. The molecule has 2 fully saturated rings. The minimum absolute atomic E-state index is 0.203. The van der Waals surface area contributed by atoms with Crippen molar-refractivity contribution in [3.05, 3.63) is 0 Å². The van der Waals surface area contributed by atoms with E-state index in [9.17, 15) is 38.4 Å². The molecule has 0 saturated carbocycles. The van der Waals surface area contributed by atoms with Crippen LogP contribution in [0.1, 0.15) is 53.4 Å². The molecule has 344 valence electrons. The van der Waals surface area contributed by atoms with Crippen molar-refractivity contribution < 1.29 is 58.8 Å². The van der Waals surface area contributed by atoms with E-state index in [-0.39, 0.29) is 49.3 Å². The first-order valence-corrected chi connectivity index (χ1v) is 21.2. The summed E-state index contributed by atoms with van der Waals surface area (Å²) in [5, 5.41) is 36.3. The Morgan fingerprint density at radius 3 is 0.483 bits per heavy atom. The van der Waals surface area contributed by atoms with Crippen LogP contribution in [0.3, 0.4) is 0 Å². The number of rotatable bonds is 20. The molecule has 0 aromatic heterocycles. The van der Waals surface area contributed by atoms with Gasteiger partial charge in [-0.25, -0.2) is 0 Å². The van der Waals surface area contributed by atoms with Crippen LogP contribution in [0.5, 0.6) is 0 Å². The van der Waals surface area contributed by atoms with Gasteiger partial charge in [0.1, 0.15) is 23.1 Å². The van der Waals surface area contributed by atoms with Crippen LogP contribution >= 0.6 is 0 Å². The van der Waals surface area contributed by atoms with Gasteiger partial charge in [-0.05, 0) is 0 Å². The fourth-order valence-electron chi connectivity index (χ4n) is 6.63. The summed E-state index contributed by atoms with van der Waals surface area (Å²) < 4.78 is 0. The fourth-order valence-corrected chi connectivity index (χ4v) is 6.63. The van der Waals surface area contributed by atoms with Crippen LogP contribution in [0.4, 0.5) is 0 Å². The van der Waals surface area contributed by atoms with E-state index in [4.69, 9.17) is 20.4 Å². The second-order valence-electron chi connectivity index (χ2n) is 15.4. The van der Waals surface area contributed by atoms with E-state index in [2.05, 4.69) is 19.6 Å². The van der Waals surface area contributed by atoms with Crippen LogP contribution < -0.4 is 0 Å². The summed E-state index contributed by atoms with van der Waals surface area (Å²) in [6.07, 6.45) is 2.03. The largest absolute Gasteiger partial charge is 0.480 e. The van der Waals surface area contributed by atoms with Crippen molar-refractivity contribution in [2.45, 2.75) is 53.4 Å². The van der Waals surface area contributed by atoms with Gasteiger partial charge in [0.2, 0.25) is 0 Å². The second-order valence-corrected chi connectivity index (χ2v) is 15.4. The fraction of sp³-hybridized carbons (Fsp3) is 0.800. The quantitative estimate of drug-likeness (QED) is 0.111. The Hall–Kier alpha value is -3.76. The lowest BCUT2D eigenvalue weighted by Gasteiger charge is -2.33. The van der Waals surface area contributed by atoms with Crippen molar-refractivity contribution in [3.63, 3.8) is 0 Å². The third-order valence-electron chi connectivity index (χ3n) is 10.5. The van der Waals surface area contributed by atoms with Crippen molar-refractivity contribution in [1.82, 2.24) is 39.2 Å². The smallest absolute Gasteiger partial charge is 0.317 e. The zero-order valence-electron chi connectivity index (χ0n) is 36.4. The Balaban J connectivity index is 0.000000605. The summed E-state index contributed by atoms with van der Waals surface area (Å²) in [6, 6.07) is 0. The van der Waals surface area contributed by atoms with Gasteiger partial charge < -0.3 is 20.4 Å². The summed E-state index contributed by atoms with van der Waals surface area (Å²) in [5.41, 5.74) is 0. The number of Topliss-reactive ketones (excluding diaryl/α,β-unsaturated/α-hetero) is 4. The molecule has 2 aliphatic heterocycles. The number of nitrogens with zero attached hydrogens (tertiary/aromatic N) is 8. The topological polar surface area (TPSA) is 243 Å². The Bertz CT molecular complexity index is 1140. The van der Waals surface area contributed by atoms with Gasteiger partial charge in [0, 0.05) is 130 Å². The van der Waals surface area contributed by atoms with Crippen LogP contribution in [0.2, 0.25) is 0 Å². The predicted octanol–water partition coefficient (Wildman–Crippen LogP) is -1.33. The molecule has 20 heteroatoms. The molecule has 2 saturated heterocycles. The highest BCUT2D eigenvalue weighted by molar-refractivity contribution is 5.81. The van der Waals surface area contributed by atoms with Crippen molar-refractivity contribution in [2.75, 3.05) is 157 Å². The highest BCUT2D eigenvalue weighted by Crippen LogP contribution is 2.05. The summed E-state index contributed by atoms with van der Waals surface area (Å²) in [7, 11) is 0. The maximum atomic E-state index is 12.1. The second kappa shape index (κ2) is 31.1. The van der Waals surface area contributed by atoms with Gasteiger partial charge in [0.15, 0.2) is 0 Å². The molecule has 0 atom stereocenters. The molecule has 2 rings (SSSR count). The normalized spacial score (nSPS) is 19.0. The molecule has 0 unspecified atom stereocenters. The zero-order chi connectivity index (χ0) is 45.0. The van der Waals surface area contributed by atoms with Gasteiger partial charge in [0.25, 0.3) is 0 Å². The lowest BCUT2D eigenvalue weighted by Crippen LogP contribution is -2.49. The van der Waals surface area contributed by atoms with Gasteiger partial charge >= 0.3 is 23.9 Å². The number of carboxylic acids is 4. The highest BCUT2D eigenvalue weighted by Gasteiger charge is 2.23. The van der Waals surface area contributed by atoms with E-state index in [1.54, 1.807) is 19.6 Å². The maximum Gasteiger partial charge on any atom is 0.317 e. The molecular weight excluding hydrogens is 784 g/mol. The average molecular weight is 857 g/mol. The number of ketones is 4.